The van der Waals surface area contributed by atoms with Gasteiger partial charge in [0.1, 0.15) is 5.52 Å². The highest BCUT2D eigenvalue weighted by atomic mass is 16.5. The van der Waals surface area contributed by atoms with Crippen molar-refractivity contribution in [2.75, 3.05) is 12.8 Å². The first kappa shape index (κ1) is 13.2. The third-order valence-corrected chi connectivity index (χ3v) is 3.10. The number of hydrogen-bond acceptors (Lipinski definition) is 5. The SMILES string of the molecule is COc1ccc(N)c(Oc2cccc3ccc(C)nc23)n1. The highest BCUT2D eigenvalue weighted by molar-refractivity contribution is 5.85. The fourth-order valence-electron chi connectivity index (χ4n) is 2.03. The van der Waals surface area contributed by atoms with Crippen LogP contribution in [0.2, 0.25) is 0 Å². The molecule has 5 nitrogen and oxygen atoms in total. The van der Waals surface area contributed by atoms with Crippen LogP contribution >= 0.6 is 0 Å². The summed E-state index contributed by atoms with van der Waals surface area (Å²) in [5.41, 5.74) is 8.05. The summed E-state index contributed by atoms with van der Waals surface area (Å²) in [6, 6.07) is 13.1. The lowest BCUT2D eigenvalue weighted by Crippen LogP contribution is -1.98. The van der Waals surface area contributed by atoms with Gasteiger partial charge in [0, 0.05) is 17.1 Å². The second-order valence-corrected chi connectivity index (χ2v) is 4.63. The Morgan fingerprint density at radius 1 is 1.00 bits per heavy atom. The van der Waals surface area contributed by atoms with Gasteiger partial charge in [-0.25, -0.2) is 4.98 Å². The van der Waals surface area contributed by atoms with Crippen molar-refractivity contribution in [1.82, 2.24) is 9.97 Å². The number of anilines is 1. The van der Waals surface area contributed by atoms with E-state index < -0.39 is 0 Å². The third kappa shape index (κ3) is 2.58. The lowest BCUT2D eigenvalue weighted by atomic mass is 10.2. The van der Waals surface area contributed by atoms with Crippen molar-refractivity contribution in [1.29, 1.82) is 0 Å². The number of para-hydroxylation sites is 1. The maximum absolute atomic E-state index is 5.90. The Kier molecular flexibility index (Phi) is 3.31. The Balaban J connectivity index is 2.08. The van der Waals surface area contributed by atoms with E-state index in [9.17, 15) is 0 Å². The molecule has 2 aromatic heterocycles. The average molecular weight is 281 g/mol. The second-order valence-electron chi connectivity index (χ2n) is 4.63. The van der Waals surface area contributed by atoms with Crippen molar-refractivity contribution >= 4 is 16.6 Å². The van der Waals surface area contributed by atoms with E-state index in [4.69, 9.17) is 15.2 Å². The Bertz CT molecular complexity index is 803. The maximum atomic E-state index is 5.90. The van der Waals surface area contributed by atoms with Crippen LogP contribution in [0.1, 0.15) is 5.69 Å². The van der Waals surface area contributed by atoms with E-state index in [1.807, 2.05) is 37.3 Å². The van der Waals surface area contributed by atoms with E-state index in [2.05, 4.69) is 9.97 Å². The van der Waals surface area contributed by atoms with Crippen LogP contribution in [0, 0.1) is 6.92 Å². The van der Waals surface area contributed by atoms with E-state index in [-0.39, 0.29) is 0 Å². The van der Waals surface area contributed by atoms with Crippen LogP contribution in [0.5, 0.6) is 17.5 Å². The van der Waals surface area contributed by atoms with Crippen molar-refractivity contribution in [3.63, 3.8) is 0 Å². The minimum atomic E-state index is 0.310. The van der Waals surface area contributed by atoms with Gasteiger partial charge < -0.3 is 15.2 Å². The molecule has 106 valence electrons. The summed E-state index contributed by atoms with van der Waals surface area (Å²) in [7, 11) is 1.55. The molecule has 0 amide bonds. The number of methoxy groups -OCH3 is 1. The first-order valence-corrected chi connectivity index (χ1v) is 6.52. The number of nitrogens with zero attached hydrogens (tertiary/aromatic N) is 2. The normalized spacial score (nSPS) is 10.6. The van der Waals surface area contributed by atoms with Crippen LogP contribution in [0.4, 0.5) is 5.69 Å². The van der Waals surface area contributed by atoms with Gasteiger partial charge in [0.25, 0.3) is 0 Å². The number of fused-ring (bicyclic) bond motifs is 1. The molecule has 1 aromatic carbocycles. The van der Waals surface area contributed by atoms with Gasteiger partial charge in [-0.2, -0.15) is 4.98 Å². The van der Waals surface area contributed by atoms with E-state index in [1.165, 1.54) is 0 Å². The average Bonchev–Trinajstić information content (AvgIpc) is 2.50. The van der Waals surface area contributed by atoms with Gasteiger partial charge in [-0.1, -0.05) is 18.2 Å². The Morgan fingerprint density at radius 3 is 2.67 bits per heavy atom. The summed E-state index contributed by atoms with van der Waals surface area (Å²) < 4.78 is 10.9. The third-order valence-electron chi connectivity index (χ3n) is 3.10. The molecule has 0 atom stereocenters. The van der Waals surface area contributed by atoms with Crippen LogP contribution in [-0.4, -0.2) is 17.1 Å². The van der Waals surface area contributed by atoms with Crippen molar-refractivity contribution in [3.05, 3.63) is 48.2 Å². The number of rotatable bonds is 3. The quantitative estimate of drug-likeness (QED) is 0.797. The summed E-state index contributed by atoms with van der Waals surface area (Å²) in [6.45, 7) is 1.94. The zero-order valence-corrected chi connectivity index (χ0v) is 11.8. The monoisotopic (exact) mass is 281 g/mol. The molecule has 0 aliphatic rings. The van der Waals surface area contributed by atoms with Gasteiger partial charge in [0.05, 0.1) is 12.8 Å². The van der Waals surface area contributed by atoms with Crippen LogP contribution in [-0.2, 0) is 0 Å². The number of pyridine rings is 2. The molecular formula is C16H15N3O2. The number of nitrogens with two attached hydrogens (primary N) is 1. The molecule has 0 saturated heterocycles. The first-order valence-electron chi connectivity index (χ1n) is 6.52. The topological polar surface area (TPSA) is 70.3 Å². The van der Waals surface area contributed by atoms with Gasteiger partial charge >= 0.3 is 0 Å². The molecular weight excluding hydrogens is 266 g/mol. The highest BCUT2D eigenvalue weighted by Crippen LogP contribution is 2.31. The van der Waals surface area contributed by atoms with Gasteiger partial charge in [-0.3, -0.25) is 0 Å². The van der Waals surface area contributed by atoms with Gasteiger partial charge in [0.15, 0.2) is 5.75 Å². The molecule has 21 heavy (non-hydrogen) atoms. The summed E-state index contributed by atoms with van der Waals surface area (Å²) in [4.78, 5) is 8.74. The molecule has 3 rings (SSSR count). The molecule has 2 heterocycles. The van der Waals surface area contributed by atoms with Crippen LogP contribution in [0.3, 0.4) is 0 Å². The predicted octanol–water partition coefficient (Wildman–Crippen LogP) is 3.32. The van der Waals surface area contributed by atoms with E-state index in [1.54, 1.807) is 19.2 Å². The fourth-order valence-corrected chi connectivity index (χ4v) is 2.03. The molecule has 0 unspecified atom stereocenters. The van der Waals surface area contributed by atoms with Crippen LogP contribution < -0.4 is 15.2 Å². The lowest BCUT2D eigenvalue weighted by molar-refractivity contribution is 0.384. The zero-order valence-electron chi connectivity index (χ0n) is 11.8. The summed E-state index contributed by atoms with van der Waals surface area (Å²) in [6.07, 6.45) is 0. The van der Waals surface area contributed by atoms with Crippen molar-refractivity contribution in [3.8, 4) is 17.5 Å². The number of nitrogen functional groups attached to an aromatic ring is 1. The van der Waals surface area contributed by atoms with Crippen molar-refractivity contribution in [2.24, 2.45) is 0 Å². The highest BCUT2D eigenvalue weighted by Gasteiger charge is 2.10. The standard InChI is InChI=1S/C16H15N3O2/c1-10-6-7-11-4-3-5-13(15(11)18-10)21-16-12(17)8-9-14(19-16)20-2/h3-9H,17H2,1-2H3. The molecule has 0 aliphatic heterocycles. The molecule has 0 fully saturated rings. The molecule has 0 radical (unpaired) electrons. The summed E-state index contributed by atoms with van der Waals surface area (Å²) in [5.74, 6) is 1.37. The molecule has 3 aromatic rings. The smallest absolute Gasteiger partial charge is 0.246 e. The predicted molar refractivity (Wildman–Crippen MR) is 81.8 cm³/mol. The largest absolute Gasteiger partial charge is 0.481 e. The van der Waals surface area contributed by atoms with Crippen LogP contribution in [0.15, 0.2) is 42.5 Å². The number of aromatic nitrogens is 2. The zero-order chi connectivity index (χ0) is 14.8. The van der Waals surface area contributed by atoms with Gasteiger partial charge in [0.2, 0.25) is 11.8 Å². The van der Waals surface area contributed by atoms with Crippen molar-refractivity contribution < 1.29 is 9.47 Å². The number of benzene rings is 1. The summed E-state index contributed by atoms with van der Waals surface area (Å²) in [5, 5.41) is 1.000. The van der Waals surface area contributed by atoms with Crippen LogP contribution in [0.25, 0.3) is 10.9 Å². The fraction of sp³-hybridized carbons (Fsp3) is 0.125. The number of ether oxygens (including phenoxy) is 2. The maximum Gasteiger partial charge on any atom is 0.246 e. The Morgan fingerprint density at radius 2 is 1.86 bits per heavy atom. The Hall–Kier alpha value is -2.82. The molecule has 0 bridgehead atoms. The minimum absolute atomic E-state index is 0.310. The van der Waals surface area contributed by atoms with E-state index >= 15 is 0 Å². The molecule has 0 spiro atoms. The summed E-state index contributed by atoms with van der Waals surface area (Å²) >= 11 is 0. The van der Waals surface area contributed by atoms with Gasteiger partial charge in [-0.15, -0.1) is 0 Å². The Labute approximate surface area is 122 Å². The minimum Gasteiger partial charge on any atom is -0.481 e. The first-order chi connectivity index (χ1) is 10.2. The van der Waals surface area contributed by atoms with Gasteiger partial charge in [-0.05, 0) is 25.1 Å². The number of hydrogen-bond donors (Lipinski definition) is 1. The lowest BCUT2D eigenvalue weighted by Gasteiger charge is -2.10. The van der Waals surface area contributed by atoms with Crippen molar-refractivity contribution in [2.45, 2.75) is 6.92 Å². The second kappa shape index (κ2) is 5.28. The number of aryl methyl sites for hydroxylation is 1. The molecule has 0 saturated carbocycles. The molecule has 5 heteroatoms. The van der Waals surface area contributed by atoms with E-state index in [0.717, 1.165) is 16.6 Å². The molecule has 2 N–H and O–H groups in total. The molecule has 0 aliphatic carbocycles. The van der Waals surface area contributed by atoms with E-state index in [0.29, 0.717) is 23.2 Å².